The molecule has 7 heteroatoms. The third-order valence-electron chi connectivity index (χ3n) is 3.72. The van der Waals surface area contributed by atoms with Crippen LogP contribution in [0.15, 0.2) is 21.6 Å². The second-order valence-electron chi connectivity index (χ2n) is 4.85. The van der Waals surface area contributed by atoms with Crippen LogP contribution >= 0.6 is 11.8 Å². The number of carbonyl (C=O) groups is 2. The Morgan fingerprint density at radius 1 is 1.13 bits per heavy atom. The van der Waals surface area contributed by atoms with E-state index >= 15 is 0 Å². The van der Waals surface area contributed by atoms with Gasteiger partial charge in [-0.2, -0.15) is 10.5 Å². The molecule has 1 atom stereocenters. The fourth-order valence-electron chi connectivity index (χ4n) is 2.67. The molecule has 0 amide bonds. The molecule has 122 valence electrons. The maximum absolute atomic E-state index is 11.8. The molecule has 0 aromatic carbocycles. The maximum atomic E-state index is 11.8. The number of ether oxygens (including phenoxy) is 2. The van der Waals surface area contributed by atoms with Crippen LogP contribution < -0.4 is 0 Å². The quantitative estimate of drug-likeness (QED) is 0.442. The molecule has 0 radical (unpaired) electrons. The number of methoxy groups -OCH3 is 2. The molecular formula is C16H18N2O4S. The molecule has 23 heavy (non-hydrogen) atoms. The molecule has 0 aliphatic heterocycles. The molecule has 1 aliphatic rings. The first-order valence-electron chi connectivity index (χ1n) is 7.03. The number of rotatable bonds is 4. The van der Waals surface area contributed by atoms with Crippen molar-refractivity contribution in [2.45, 2.75) is 25.7 Å². The number of hydrogen-bond acceptors (Lipinski definition) is 7. The van der Waals surface area contributed by atoms with Gasteiger partial charge in [0.15, 0.2) is 0 Å². The number of esters is 2. The summed E-state index contributed by atoms with van der Waals surface area (Å²) in [4.78, 5) is 24.2. The van der Waals surface area contributed by atoms with Gasteiger partial charge in [-0.15, -0.1) is 11.8 Å². The standard InChI is InChI=1S/C16H18N2O4S/c1-21-15(19)12(8-17)10-6-4-5-7-11(10)14(23-3)13(9-18)16(20)22-2/h11H,4-7H2,1-3H3/b12-10+,14-13+/t11-/m0/s1. The van der Waals surface area contributed by atoms with Crippen LogP contribution in [-0.4, -0.2) is 32.4 Å². The SMILES string of the molecule is COC(=O)/C(C#N)=C1\CCCC[C@@H]1/C(SC)=C(/C#N)C(=O)OC. The first-order chi connectivity index (χ1) is 11.0. The van der Waals surface area contributed by atoms with Gasteiger partial charge < -0.3 is 9.47 Å². The number of carbonyl (C=O) groups excluding carboxylic acids is 2. The minimum absolute atomic E-state index is 0.0362. The Labute approximate surface area is 139 Å². The molecule has 0 heterocycles. The average molecular weight is 334 g/mol. The normalized spacial score (nSPS) is 20.5. The largest absolute Gasteiger partial charge is 0.465 e. The van der Waals surface area contributed by atoms with E-state index in [0.717, 1.165) is 12.8 Å². The Kier molecular flexibility index (Phi) is 7.37. The van der Waals surface area contributed by atoms with Gasteiger partial charge in [0, 0.05) is 10.8 Å². The molecule has 0 unspecified atom stereocenters. The van der Waals surface area contributed by atoms with Crippen LogP contribution in [0.2, 0.25) is 0 Å². The number of thioether (sulfide) groups is 1. The topological polar surface area (TPSA) is 100 Å². The van der Waals surface area contributed by atoms with Crippen molar-refractivity contribution in [3.63, 3.8) is 0 Å². The van der Waals surface area contributed by atoms with Gasteiger partial charge in [-0.1, -0.05) is 6.42 Å². The fourth-order valence-corrected chi connectivity index (χ4v) is 3.55. The predicted octanol–water partition coefficient (Wildman–Crippen LogP) is 2.48. The van der Waals surface area contributed by atoms with Gasteiger partial charge >= 0.3 is 11.9 Å². The smallest absolute Gasteiger partial charge is 0.349 e. The number of nitrogens with zero attached hydrogens (tertiary/aromatic N) is 2. The Morgan fingerprint density at radius 2 is 1.78 bits per heavy atom. The molecule has 6 nitrogen and oxygen atoms in total. The van der Waals surface area contributed by atoms with Crippen molar-refractivity contribution in [2.24, 2.45) is 5.92 Å². The summed E-state index contributed by atoms with van der Waals surface area (Å²) in [7, 11) is 2.43. The van der Waals surface area contributed by atoms with Crippen molar-refractivity contribution in [1.29, 1.82) is 10.5 Å². The molecule has 0 spiro atoms. The van der Waals surface area contributed by atoms with Crippen molar-refractivity contribution in [3.05, 3.63) is 21.6 Å². The molecular weight excluding hydrogens is 316 g/mol. The van der Waals surface area contributed by atoms with E-state index in [1.54, 1.807) is 6.26 Å². The predicted molar refractivity (Wildman–Crippen MR) is 84.8 cm³/mol. The molecule has 1 fully saturated rings. The van der Waals surface area contributed by atoms with Crippen LogP contribution in [-0.2, 0) is 19.1 Å². The molecule has 0 N–H and O–H groups in total. The van der Waals surface area contributed by atoms with Crippen LogP contribution in [0.1, 0.15) is 25.7 Å². The van der Waals surface area contributed by atoms with E-state index in [1.165, 1.54) is 26.0 Å². The minimum Gasteiger partial charge on any atom is -0.465 e. The van der Waals surface area contributed by atoms with Crippen molar-refractivity contribution < 1.29 is 19.1 Å². The van der Waals surface area contributed by atoms with Gasteiger partial charge in [0.25, 0.3) is 0 Å². The number of allylic oxidation sites excluding steroid dienone is 2. The summed E-state index contributed by atoms with van der Waals surface area (Å²) in [5.41, 5.74) is 0.518. The minimum atomic E-state index is -0.710. The van der Waals surface area contributed by atoms with Crippen molar-refractivity contribution in [3.8, 4) is 12.1 Å². The molecule has 0 aromatic rings. The van der Waals surface area contributed by atoms with E-state index in [0.29, 0.717) is 23.3 Å². The lowest BCUT2D eigenvalue weighted by Crippen LogP contribution is -2.20. The van der Waals surface area contributed by atoms with Crippen LogP contribution in [0, 0.1) is 28.6 Å². The number of nitriles is 2. The number of hydrogen-bond donors (Lipinski definition) is 0. The Morgan fingerprint density at radius 3 is 2.26 bits per heavy atom. The van der Waals surface area contributed by atoms with E-state index in [4.69, 9.17) is 0 Å². The Bertz CT molecular complexity index is 593. The maximum Gasteiger partial charge on any atom is 0.349 e. The molecule has 0 aromatic heterocycles. The lowest BCUT2D eigenvalue weighted by atomic mass is 9.80. The highest BCUT2D eigenvalue weighted by Gasteiger charge is 2.31. The molecule has 1 aliphatic carbocycles. The summed E-state index contributed by atoms with van der Waals surface area (Å²) in [5, 5.41) is 18.6. The van der Waals surface area contributed by atoms with Gasteiger partial charge in [-0.05, 0) is 31.1 Å². The first-order valence-corrected chi connectivity index (χ1v) is 8.26. The van der Waals surface area contributed by atoms with Crippen LogP contribution in [0.3, 0.4) is 0 Å². The second kappa shape index (κ2) is 9.02. The van der Waals surface area contributed by atoms with E-state index in [1.807, 2.05) is 12.1 Å². The summed E-state index contributed by atoms with van der Waals surface area (Å²) in [6.07, 6.45) is 4.71. The van der Waals surface area contributed by atoms with Crippen molar-refractivity contribution >= 4 is 23.7 Å². The zero-order valence-corrected chi connectivity index (χ0v) is 14.2. The van der Waals surface area contributed by atoms with Crippen LogP contribution in [0.5, 0.6) is 0 Å². The van der Waals surface area contributed by atoms with Crippen LogP contribution in [0.4, 0.5) is 0 Å². The van der Waals surface area contributed by atoms with E-state index in [2.05, 4.69) is 9.47 Å². The molecule has 1 rings (SSSR count). The Balaban J connectivity index is 3.51. The molecule has 1 saturated carbocycles. The summed E-state index contributed by atoms with van der Waals surface area (Å²) in [5.74, 6) is -1.72. The molecule has 0 saturated heterocycles. The van der Waals surface area contributed by atoms with Crippen LogP contribution in [0.25, 0.3) is 0 Å². The van der Waals surface area contributed by atoms with Gasteiger partial charge in [0.1, 0.15) is 23.3 Å². The highest BCUT2D eigenvalue weighted by atomic mass is 32.2. The van der Waals surface area contributed by atoms with Gasteiger partial charge in [-0.25, -0.2) is 9.59 Å². The third-order valence-corrected chi connectivity index (χ3v) is 4.64. The summed E-state index contributed by atoms with van der Waals surface area (Å²) < 4.78 is 9.34. The van der Waals surface area contributed by atoms with Crippen molar-refractivity contribution in [2.75, 3.05) is 20.5 Å². The lowest BCUT2D eigenvalue weighted by molar-refractivity contribution is -0.136. The monoisotopic (exact) mass is 334 g/mol. The first kappa shape index (κ1) is 18.8. The zero-order valence-electron chi connectivity index (χ0n) is 13.3. The van der Waals surface area contributed by atoms with E-state index < -0.39 is 11.9 Å². The van der Waals surface area contributed by atoms with Gasteiger partial charge in [-0.3, -0.25) is 0 Å². The fraction of sp³-hybridized carbons (Fsp3) is 0.500. The third kappa shape index (κ3) is 4.14. The zero-order chi connectivity index (χ0) is 17.4. The summed E-state index contributed by atoms with van der Waals surface area (Å²) >= 11 is 1.26. The summed E-state index contributed by atoms with van der Waals surface area (Å²) in [6, 6.07) is 3.79. The average Bonchev–Trinajstić information content (AvgIpc) is 2.59. The highest BCUT2D eigenvalue weighted by Crippen LogP contribution is 2.41. The Hall–Kier alpha value is -2.25. The summed E-state index contributed by atoms with van der Waals surface area (Å²) in [6.45, 7) is 0. The second-order valence-corrected chi connectivity index (χ2v) is 5.70. The van der Waals surface area contributed by atoms with Crippen molar-refractivity contribution in [1.82, 2.24) is 0 Å². The molecule has 0 bridgehead atoms. The lowest BCUT2D eigenvalue weighted by Gasteiger charge is -2.28. The van der Waals surface area contributed by atoms with E-state index in [9.17, 15) is 20.1 Å². The highest BCUT2D eigenvalue weighted by molar-refractivity contribution is 8.02. The van der Waals surface area contributed by atoms with Gasteiger partial charge in [0.05, 0.1) is 14.2 Å². The van der Waals surface area contributed by atoms with E-state index in [-0.39, 0.29) is 17.1 Å². The van der Waals surface area contributed by atoms with Gasteiger partial charge in [0.2, 0.25) is 0 Å².